The highest BCUT2D eigenvalue weighted by molar-refractivity contribution is 5.93. The Morgan fingerprint density at radius 3 is 2.56 bits per heavy atom. The van der Waals surface area contributed by atoms with E-state index in [2.05, 4.69) is 4.98 Å². The third kappa shape index (κ3) is 2.63. The van der Waals surface area contributed by atoms with Crippen molar-refractivity contribution in [1.29, 1.82) is 0 Å². The van der Waals surface area contributed by atoms with Gasteiger partial charge in [0.2, 0.25) is 0 Å². The van der Waals surface area contributed by atoms with E-state index in [1.807, 2.05) is 30.3 Å². The molecule has 6 nitrogen and oxygen atoms in total. The lowest BCUT2D eigenvalue weighted by molar-refractivity contribution is -0.384. The van der Waals surface area contributed by atoms with Crippen LogP contribution < -0.4 is 5.69 Å². The predicted molar refractivity (Wildman–Crippen MR) is 102 cm³/mol. The number of nitro benzene ring substituents is 1. The quantitative estimate of drug-likeness (QED) is 0.519. The van der Waals surface area contributed by atoms with Gasteiger partial charge in [-0.05, 0) is 36.7 Å². The highest BCUT2D eigenvalue weighted by Crippen LogP contribution is 2.58. The van der Waals surface area contributed by atoms with E-state index in [1.165, 1.54) is 31.4 Å². The minimum absolute atomic E-state index is 0.00923. The van der Waals surface area contributed by atoms with Crippen molar-refractivity contribution in [2.24, 2.45) is 17.8 Å². The van der Waals surface area contributed by atoms with Crippen LogP contribution in [0.3, 0.4) is 0 Å². The molecule has 2 aromatic carbocycles. The van der Waals surface area contributed by atoms with Crippen molar-refractivity contribution in [3.8, 4) is 11.3 Å². The summed E-state index contributed by atoms with van der Waals surface area (Å²) in [5.41, 5.74) is 1.75. The highest BCUT2D eigenvalue weighted by Gasteiger charge is 2.52. The van der Waals surface area contributed by atoms with Gasteiger partial charge < -0.3 is 0 Å². The third-order valence-corrected chi connectivity index (χ3v) is 6.20. The van der Waals surface area contributed by atoms with Gasteiger partial charge in [-0.2, -0.15) is 4.98 Å². The molecular weight excluding hydrogens is 342 g/mol. The Hall–Kier alpha value is -3.02. The molecule has 2 aliphatic rings. The van der Waals surface area contributed by atoms with E-state index in [1.54, 1.807) is 10.6 Å². The van der Waals surface area contributed by atoms with Gasteiger partial charge in [0.15, 0.2) is 0 Å². The number of benzene rings is 2. The lowest BCUT2D eigenvalue weighted by atomic mass is 10.1. The molecule has 5 rings (SSSR count). The van der Waals surface area contributed by atoms with Gasteiger partial charge in [0.25, 0.3) is 5.69 Å². The van der Waals surface area contributed by atoms with Crippen molar-refractivity contribution in [3.63, 3.8) is 0 Å². The number of nitrogens with zero attached hydrogens (tertiary/aromatic N) is 3. The number of rotatable bonds is 4. The van der Waals surface area contributed by atoms with Crippen LogP contribution in [-0.2, 0) is 6.54 Å². The highest BCUT2D eigenvalue weighted by atomic mass is 16.6. The van der Waals surface area contributed by atoms with Gasteiger partial charge in [-0.3, -0.25) is 14.7 Å². The number of aromatic nitrogens is 2. The van der Waals surface area contributed by atoms with Gasteiger partial charge in [0.1, 0.15) is 0 Å². The first-order valence-electron chi connectivity index (χ1n) is 9.38. The average molecular weight is 361 g/mol. The van der Waals surface area contributed by atoms with Gasteiger partial charge in [0.05, 0.1) is 16.1 Å². The molecule has 2 saturated carbocycles. The Morgan fingerprint density at radius 1 is 1.11 bits per heavy atom. The largest absolute Gasteiger partial charge is 0.348 e. The van der Waals surface area contributed by atoms with E-state index in [-0.39, 0.29) is 11.4 Å². The molecule has 1 heterocycles. The summed E-state index contributed by atoms with van der Waals surface area (Å²) in [6.45, 7) is 0.657. The number of nitro groups is 1. The molecule has 1 aromatic heterocycles. The molecule has 2 fully saturated rings. The van der Waals surface area contributed by atoms with Gasteiger partial charge in [-0.1, -0.05) is 36.8 Å². The lowest BCUT2D eigenvalue weighted by Gasteiger charge is -2.13. The molecular formula is C21H19N3O3. The van der Waals surface area contributed by atoms with Gasteiger partial charge in [-0.15, -0.1) is 0 Å². The van der Waals surface area contributed by atoms with Crippen molar-refractivity contribution >= 4 is 16.6 Å². The van der Waals surface area contributed by atoms with E-state index < -0.39 is 4.92 Å². The zero-order valence-corrected chi connectivity index (χ0v) is 14.7. The molecule has 0 bridgehead atoms. The summed E-state index contributed by atoms with van der Waals surface area (Å²) < 4.78 is 1.72. The van der Waals surface area contributed by atoms with Gasteiger partial charge in [-0.25, -0.2) is 4.79 Å². The Kier molecular flexibility index (Phi) is 3.60. The topological polar surface area (TPSA) is 78.0 Å². The summed E-state index contributed by atoms with van der Waals surface area (Å²) in [5, 5.41) is 11.9. The van der Waals surface area contributed by atoms with Crippen molar-refractivity contribution in [2.45, 2.75) is 25.8 Å². The molecule has 6 heteroatoms. The normalized spacial score (nSPS) is 23.3. The minimum atomic E-state index is -0.408. The molecule has 2 aliphatic carbocycles. The van der Waals surface area contributed by atoms with E-state index in [4.69, 9.17) is 0 Å². The van der Waals surface area contributed by atoms with Crippen molar-refractivity contribution < 1.29 is 4.92 Å². The van der Waals surface area contributed by atoms with Crippen LogP contribution in [0.5, 0.6) is 0 Å². The summed E-state index contributed by atoms with van der Waals surface area (Å²) in [4.78, 5) is 28.1. The molecule has 27 heavy (non-hydrogen) atoms. The molecule has 0 N–H and O–H groups in total. The molecule has 0 radical (unpaired) electrons. The van der Waals surface area contributed by atoms with Gasteiger partial charge >= 0.3 is 5.69 Å². The second kappa shape index (κ2) is 6.01. The molecule has 2 unspecified atom stereocenters. The average Bonchev–Trinajstić information content (AvgIpc) is 3.10. The fourth-order valence-corrected chi connectivity index (χ4v) is 4.83. The van der Waals surface area contributed by atoms with Crippen LogP contribution in [0.4, 0.5) is 5.69 Å². The van der Waals surface area contributed by atoms with Crippen LogP contribution in [0.15, 0.2) is 53.3 Å². The summed E-state index contributed by atoms with van der Waals surface area (Å²) in [6.07, 6.45) is 3.80. The summed E-state index contributed by atoms with van der Waals surface area (Å²) in [6, 6.07) is 14.1. The molecule has 2 atom stereocenters. The third-order valence-electron chi connectivity index (χ3n) is 6.20. The zero-order valence-electron chi connectivity index (χ0n) is 14.7. The van der Waals surface area contributed by atoms with E-state index in [0.717, 1.165) is 22.9 Å². The zero-order chi connectivity index (χ0) is 18.5. The number of fused-ring (bicyclic) bond motifs is 2. The Balaban J connectivity index is 1.69. The van der Waals surface area contributed by atoms with E-state index in [9.17, 15) is 14.9 Å². The molecule has 0 saturated heterocycles. The molecule has 0 aliphatic heterocycles. The van der Waals surface area contributed by atoms with Crippen LogP contribution in [-0.4, -0.2) is 14.5 Å². The van der Waals surface area contributed by atoms with Crippen LogP contribution in [0.1, 0.15) is 19.3 Å². The van der Waals surface area contributed by atoms with Crippen LogP contribution in [0.25, 0.3) is 22.2 Å². The van der Waals surface area contributed by atoms with E-state index in [0.29, 0.717) is 23.5 Å². The second-order valence-electron chi connectivity index (χ2n) is 7.60. The maximum absolute atomic E-state index is 12.8. The first-order valence-corrected chi connectivity index (χ1v) is 9.38. The van der Waals surface area contributed by atoms with Crippen LogP contribution in [0.2, 0.25) is 0 Å². The summed E-state index contributed by atoms with van der Waals surface area (Å²) in [7, 11) is 0. The monoisotopic (exact) mass is 361 g/mol. The van der Waals surface area contributed by atoms with Crippen molar-refractivity contribution in [3.05, 3.63) is 69.1 Å². The second-order valence-corrected chi connectivity index (χ2v) is 7.60. The summed E-state index contributed by atoms with van der Waals surface area (Å²) in [5.74, 6) is 2.01. The molecule has 0 spiro atoms. The van der Waals surface area contributed by atoms with Crippen LogP contribution >= 0.6 is 0 Å². The maximum atomic E-state index is 12.8. The first-order chi connectivity index (χ1) is 13.1. The van der Waals surface area contributed by atoms with Gasteiger partial charge in [0, 0.05) is 29.6 Å². The first kappa shape index (κ1) is 16.2. The molecule has 136 valence electrons. The molecule has 3 aromatic rings. The summed E-state index contributed by atoms with van der Waals surface area (Å²) >= 11 is 0. The standard InChI is InChI=1S/C21H19N3O3/c25-21-22-20(13-5-2-1-3-6-13)17-11-14(24(26)27)9-10-19(17)23(21)12-18-15-7-4-8-16(15)18/h1-3,5-6,9-11,15-16,18H,4,7-8,12H2. The molecule has 0 amide bonds. The smallest absolute Gasteiger partial charge is 0.292 e. The fourth-order valence-electron chi connectivity index (χ4n) is 4.83. The predicted octanol–water partition coefficient (Wildman–Crippen LogP) is 4.02. The van der Waals surface area contributed by atoms with Crippen molar-refractivity contribution in [2.75, 3.05) is 0 Å². The number of non-ortho nitro benzene ring substituents is 1. The SMILES string of the molecule is O=c1nc(-c2ccccc2)c2cc([N+](=O)[O-])ccc2n1CC1C2CCCC21. The lowest BCUT2D eigenvalue weighted by Crippen LogP contribution is -2.25. The Labute approximate surface area is 155 Å². The van der Waals surface area contributed by atoms with E-state index >= 15 is 0 Å². The van der Waals surface area contributed by atoms with Crippen LogP contribution in [0, 0.1) is 27.9 Å². The Morgan fingerprint density at radius 2 is 1.85 bits per heavy atom. The van der Waals surface area contributed by atoms with Crippen molar-refractivity contribution in [1.82, 2.24) is 9.55 Å². The number of hydrogen-bond donors (Lipinski definition) is 0. The fraction of sp³-hybridized carbons (Fsp3) is 0.333. The Bertz CT molecular complexity index is 1100. The number of hydrogen-bond acceptors (Lipinski definition) is 4. The minimum Gasteiger partial charge on any atom is -0.292 e. The maximum Gasteiger partial charge on any atom is 0.348 e.